The van der Waals surface area contributed by atoms with E-state index < -0.39 is 17.6 Å². The van der Waals surface area contributed by atoms with Gasteiger partial charge in [-0.3, -0.25) is 9.59 Å². The van der Waals surface area contributed by atoms with Crippen LogP contribution in [0.15, 0.2) is 48.5 Å². The van der Waals surface area contributed by atoms with E-state index in [0.717, 1.165) is 16.7 Å². The number of carbonyl (C=O) groups is 2. The number of nitrogens with zero attached hydrogens (tertiary/aromatic N) is 1. The minimum Gasteiger partial charge on any atom is -0.354 e. The third-order valence-electron chi connectivity index (χ3n) is 4.08. The monoisotopic (exact) mass is 320 g/mol. The number of benzene rings is 2. The first kappa shape index (κ1) is 17.4. The van der Waals surface area contributed by atoms with Gasteiger partial charge >= 0.3 is 0 Å². The van der Waals surface area contributed by atoms with E-state index in [1.54, 1.807) is 12.1 Å². The van der Waals surface area contributed by atoms with Gasteiger partial charge in [-0.1, -0.05) is 48.5 Å². The van der Waals surface area contributed by atoms with Crippen LogP contribution in [0.1, 0.15) is 27.0 Å². The molecule has 0 aliphatic carbocycles. The Morgan fingerprint density at radius 2 is 1.79 bits per heavy atom. The molecule has 0 fully saturated rings. The van der Waals surface area contributed by atoms with Crippen LogP contribution in [0.25, 0.3) is 0 Å². The highest BCUT2D eigenvalue weighted by Crippen LogP contribution is 2.17. The van der Waals surface area contributed by atoms with E-state index in [1.165, 1.54) is 0 Å². The highest BCUT2D eigenvalue weighted by Gasteiger charge is 2.28. The Labute approximate surface area is 142 Å². The zero-order valence-corrected chi connectivity index (χ0v) is 13.9. The van der Waals surface area contributed by atoms with Crippen LogP contribution in [-0.4, -0.2) is 18.2 Å². The number of carbonyl (C=O) groups excluding carboxylic acids is 2. The van der Waals surface area contributed by atoms with Gasteiger partial charge in [-0.25, -0.2) is 0 Å². The van der Waals surface area contributed by atoms with Gasteiger partial charge in [0.1, 0.15) is 0 Å². The summed E-state index contributed by atoms with van der Waals surface area (Å²) in [7, 11) is 0. The molecule has 0 aliphatic rings. The summed E-state index contributed by atoms with van der Waals surface area (Å²) in [5, 5.41) is 12.0. The summed E-state index contributed by atoms with van der Waals surface area (Å²) in [6.45, 7) is 4.11. The fourth-order valence-corrected chi connectivity index (χ4v) is 2.49. The molecule has 0 aromatic heterocycles. The first-order valence-electron chi connectivity index (χ1n) is 7.86. The molecule has 1 amide bonds. The molecule has 0 saturated heterocycles. The van der Waals surface area contributed by atoms with Crippen molar-refractivity contribution in [3.8, 4) is 6.07 Å². The lowest BCUT2D eigenvalue weighted by Crippen LogP contribution is -2.36. The predicted molar refractivity (Wildman–Crippen MR) is 92.5 cm³/mol. The van der Waals surface area contributed by atoms with E-state index in [0.29, 0.717) is 18.5 Å². The number of nitrogens with one attached hydrogen (secondary N) is 1. The second-order valence-corrected chi connectivity index (χ2v) is 5.70. The first-order chi connectivity index (χ1) is 11.5. The molecule has 0 heterocycles. The van der Waals surface area contributed by atoms with Crippen LogP contribution < -0.4 is 5.32 Å². The van der Waals surface area contributed by atoms with Gasteiger partial charge in [0, 0.05) is 12.1 Å². The molecule has 0 unspecified atom stereocenters. The van der Waals surface area contributed by atoms with Crippen LogP contribution in [0, 0.1) is 31.1 Å². The maximum atomic E-state index is 12.5. The average molecular weight is 320 g/mol. The second kappa shape index (κ2) is 8.07. The Morgan fingerprint density at radius 1 is 1.08 bits per heavy atom. The lowest BCUT2D eigenvalue weighted by molar-refractivity contribution is -0.122. The van der Waals surface area contributed by atoms with Crippen LogP contribution in [0.2, 0.25) is 0 Å². The molecule has 0 aliphatic heterocycles. The Balaban J connectivity index is 2.02. The van der Waals surface area contributed by atoms with Gasteiger partial charge in [0.2, 0.25) is 5.91 Å². The summed E-state index contributed by atoms with van der Waals surface area (Å²) < 4.78 is 0. The Bertz CT molecular complexity index is 776. The van der Waals surface area contributed by atoms with Crippen LogP contribution >= 0.6 is 0 Å². The fourth-order valence-electron chi connectivity index (χ4n) is 2.49. The lowest BCUT2D eigenvalue weighted by atomic mass is 9.92. The largest absolute Gasteiger partial charge is 0.354 e. The minimum atomic E-state index is -1.32. The van der Waals surface area contributed by atoms with Gasteiger partial charge in [-0.15, -0.1) is 0 Å². The lowest BCUT2D eigenvalue weighted by Gasteiger charge is -2.12. The molecule has 2 rings (SSSR count). The maximum Gasteiger partial charge on any atom is 0.245 e. The molecule has 0 spiro atoms. The van der Waals surface area contributed by atoms with Crippen molar-refractivity contribution in [3.63, 3.8) is 0 Å². The van der Waals surface area contributed by atoms with Crippen LogP contribution in [0.4, 0.5) is 0 Å². The molecule has 0 radical (unpaired) electrons. The fraction of sp³-hybridized carbons (Fsp3) is 0.250. The Morgan fingerprint density at radius 3 is 2.46 bits per heavy atom. The quantitative estimate of drug-likeness (QED) is 0.657. The van der Waals surface area contributed by atoms with E-state index in [4.69, 9.17) is 0 Å². The van der Waals surface area contributed by atoms with E-state index >= 15 is 0 Å². The molecule has 2 aromatic carbocycles. The van der Waals surface area contributed by atoms with E-state index in [1.807, 2.05) is 56.3 Å². The van der Waals surface area contributed by atoms with Crippen LogP contribution in [0.3, 0.4) is 0 Å². The normalized spacial score (nSPS) is 11.4. The molecule has 4 nitrogen and oxygen atoms in total. The molecule has 1 N–H and O–H groups in total. The molecule has 0 bridgehead atoms. The maximum absolute atomic E-state index is 12.5. The zero-order chi connectivity index (χ0) is 17.5. The van der Waals surface area contributed by atoms with Gasteiger partial charge < -0.3 is 5.32 Å². The number of rotatable bonds is 6. The zero-order valence-electron chi connectivity index (χ0n) is 13.9. The molecule has 24 heavy (non-hydrogen) atoms. The molecule has 0 saturated carbocycles. The summed E-state index contributed by atoms with van der Waals surface area (Å²) in [4.78, 5) is 24.8. The number of amides is 1. The SMILES string of the molecule is Cc1cccc(C(=O)[C@H](C#N)C(=O)NCCc2ccccc2)c1C. The highest BCUT2D eigenvalue weighted by atomic mass is 16.2. The van der Waals surface area contributed by atoms with Crippen molar-refractivity contribution in [2.24, 2.45) is 5.92 Å². The Hall–Kier alpha value is -2.93. The van der Waals surface area contributed by atoms with Gasteiger partial charge in [0.05, 0.1) is 6.07 Å². The summed E-state index contributed by atoms with van der Waals surface area (Å²) in [5.74, 6) is -2.31. The van der Waals surface area contributed by atoms with Crippen molar-refractivity contribution in [3.05, 3.63) is 70.8 Å². The van der Waals surface area contributed by atoms with Gasteiger partial charge in [0.15, 0.2) is 11.7 Å². The summed E-state index contributed by atoms with van der Waals surface area (Å²) in [6.07, 6.45) is 0.655. The van der Waals surface area contributed by atoms with Crippen molar-refractivity contribution in [1.29, 1.82) is 5.26 Å². The smallest absolute Gasteiger partial charge is 0.245 e. The molecular formula is C20H20N2O2. The number of ketones is 1. The van der Waals surface area contributed by atoms with Crippen molar-refractivity contribution in [1.82, 2.24) is 5.32 Å². The third kappa shape index (κ3) is 4.08. The second-order valence-electron chi connectivity index (χ2n) is 5.70. The van der Waals surface area contributed by atoms with Gasteiger partial charge in [-0.2, -0.15) is 5.26 Å². The van der Waals surface area contributed by atoms with Crippen molar-refractivity contribution < 1.29 is 9.59 Å². The highest BCUT2D eigenvalue weighted by molar-refractivity contribution is 6.12. The topological polar surface area (TPSA) is 70.0 Å². The van der Waals surface area contributed by atoms with Crippen molar-refractivity contribution in [2.75, 3.05) is 6.54 Å². The minimum absolute atomic E-state index is 0.390. The molecule has 122 valence electrons. The number of hydrogen-bond acceptors (Lipinski definition) is 3. The number of Topliss-reactive ketones (excluding diaryl/α,β-unsaturated/α-hetero) is 1. The van der Waals surface area contributed by atoms with Gasteiger partial charge in [0.25, 0.3) is 0 Å². The molecule has 2 aromatic rings. The Kier molecular flexibility index (Phi) is 5.86. The molecule has 4 heteroatoms. The van der Waals surface area contributed by atoms with Crippen molar-refractivity contribution in [2.45, 2.75) is 20.3 Å². The number of aryl methyl sites for hydroxylation is 1. The third-order valence-corrected chi connectivity index (χ3v) is 4.08. The van der Waals surface area contributed by atoms with E-state index in [2.05, 4.69) is 5.32 Å². The standard InChI is InChI=1S/C20H20N2O2/c1-14-7-6-10-17(15(14)2)19(23)18(13-21)20(24)22-12-11-16-8-4-3-5-9-16/h3-10,18H,11-12H2,1-2H3,(H,22,24)/t18-/m0/s1. The van der Waals surface area contributed by atoms with Crippen LogP contribution in [-0.2, 0) is 11.2 Å². The number of nitriles is 1. The van der Waals surface area contributed by atoms with Gasteiger partial charge in [-0.05, 0) is 37.0 Å². The van der Waals surface area contributed by atoms with E-state index in [-0.39, 0.29) is 0 Å². The summed E-state index contributed by atoms with van der Waals surface area (Å²) in [5.41, 5.74) is 3.29. The summed E-state index contributed by atoms with van der Waals surface area (Å²) >= 11 is 0. The van der Waals surface area contributed by atoms with E-state index in [9.17, 15) is 14.9 Å². The average Bonchev–Trinajstić information content (AvgIpc) is 2.59. The molecular weight excluding hydrogens is 300 g/mol. The first-order valence-corrected chi connectivity index (χ1v) is 7.86. The molecule has 1 atom stereocenters. The summed E-state index contributed by atoms with van der Waals surface area (Å²) in [6, 6.07) is 16.9. The van der Waals surface area contributed by atoms with Crippen molar-refractivity contribution >= 4 is 11.7 Å². The number of hydrogen-bond donors (Lipinski definition) is 1. The predicted octanol–water partition coefficient (Wildman–Crippen LogP) is 2.98. The van der Waals surface area contributed by atoms with Crippen LogP contribution in [0.5, 0.6) is 0 Å².